The highest BCUT2D eigenvalue weighted by Gasteiger charge is 2.33. The number of amides is 2. The first-order valence-corrected chi connectivity index (χ1v) is 11.1. The van der Waals surface area contributed by atoms with Crippen molar-refractivity contribution in [2.75, 3.05) is 18.0 Å². The van der Waals surface area contributed by atoms with Gasteiger partial charge < -0.3 is 4.90 Å². The second kappa shape index (κ2) is 8.69. The van der Waals surface area contributed by atoms with Gasteiger partial charge in [-0.25, -0.2) is 14.4 Å². The summed E-state index contributed by atoms with van der Waals surface area (Å²) >= 11 is 0. The van der Waals surface area contributed by atoms with Gasteiger partial charge in [0.05, 0.1) is 12.1 Å². The largest absolute Gasteiger partial charge is 0.338 e. The number of hydrogen-bond acceptors (Lipinski definition) is 5. The molecule has 33 heavy (non-hydrogen) atoms. The number of likely N-dealkylation sites (tertiary alicyclic amines) is 1. The van der Waals surface area contributed by atoms with Crippen LogP contribution >= 0.6 is 0 Å². The molecule has 0 saturated carbocycles. The third-order valence-electron chi connectivity index (χ3n) is 6.33. The molecule has 1 saturated heterocycles. The fourth-order valence-corrected chi connectivity index (χ4v) is 4.59. The zero-order chi connectivity index (χ0) is 22.9. The normalized spacial score (nSPS) is 17.9. The molecule has 1 atom stereocenters. The van der Waals surface area contributed by atoms with Crippen LogP contribution in [0.2, 0.25) is 0 Å². The molecule has 1 fully saturated rings. The number of aromatic nitrogens is 3. The second-order valence-corrected chi connectivity index (χ2v) is 8.56. The standard InChI is InChI=1S/C25H24FN5O2/c1-16-21-7-8-22(32)31(14-17-4-2-6-20(26)12-17)24(21)29-23(28-16)19-9-11-30(15-19)25(33)18-5-3-10-27-13-18/h2-6,10,12-13,19H,7-9,11,14-15H2,1H3. The van der Waals surface area contributed by atoms with Crippen molar-refractivity contribution < 1.29 is 14.0 Å². The van der Waals surface area contributed by atoms with Crippen LogP contribution < -0.4 is 4.90 Å². The number of fused-ring (bicyclic) bond motifs is 1. The Labute approximate surface area is 191 Å². The van der Waals surface area contributed by atoms with E-state index in [1.54, 1.807) is 46.5 Å². The van der Waals surface area contributed by atoms with Crippen molar-refractivity contribution in [3.63, 3.8) is 0 Å². The van der Waals surface area contributed by atoms with E-state index >= 15 is 0 Å². The summed E-state index contributed by atoms with van der Waals surface area (Å²) < 4.78 is 13.7. The Morgan fingerprint density at radius 2 is 2.06 bits per heavy atom. The van der Waals surface area contributed by atoms with Crippen molar-refractivity contribution >= 4 is 17.6 Å². The monoisotopic (exact) mass is 445 g/mol. The Balaban J connectivity index is 1.41. The lowest BCUT2D eigenvalue weighted by Crippen LogP contribution is -2.36. The Hall–Kier alpha value is -3.68. The lowest BCUT2D eigenvalue weighted by Gasteiger charge is -2.30. The average Bonchev–Trinajstić information content (AvgIpc) is 3.31. The summed E-state index contributed by atoms with van der Waals surface area (Å²) in [6, 6.07) is 9.79. The van der Waals surface area contributed by atoms with Crippen LogP contribution in [0.5, 0.6) is 0 Å². The van der Waals surface area contributed by atoms with E-state index in [-0.39, 0.29) is 30.1 Å². The summed E-state index contributed by atoms with van der Waals surface area (Å²) in [4.78, 5) is 42.7. The van der Waals surface area contributed by atoms with Crippen molar-refractivity contribution in [2.45, 2.75) is 38.6 Å². The topological polar surface area (TPSA) is 79.3 Å². The highest BCUT2D eigenvalue weighted by molar-refractivity contribution is 5.95. The number of benzene rings is 1. The predicted molar refractivity (Wildman–Crippen MR) is 120 cm³/mol. The molecule has 0 radical (unpaired) electrons. The van der Waals surface area contributed by atoms with Crippen molar-refractivity contribution in [1.82, 2.24) is 19.9 Å². The van der Waals surface area contributed by atoms with E-state index in [1.165, 1.54) is 12.1 Å². The van der Waals surface area contributed by atoms with Crippen LogP contribution in [0.4, 0.5) is 10.2 Å². The molecule has 3 aromatic rings. The van der Waals surface area contributed by atoms with Crippen molar-refractivity contribution in [3.8, 4) is 0 Å². The van der Waals surface area contributed by atoms with Crippen LogP contribution in [0, 0.1) is 12.7 Å². The highest BCUT2D eigenvalue weighted by Crippen LogP contribution is 2.33. The molecular weight excluding hydrogens is 421 g/mol. The Morgan fingerprint density at radius 1 is 1.18 bits per heavy atom. The SMILES string of the molecule is Cc1nc(C2CCN(C(=O)c3cccnc3)C2)nc2c1CCC(=O)N2Cc1cccc(F)c1. The summed E-state index contributed by atoms with van der Waals surface area (Å²) in [6.07, 6.45) is 4.94. The van der Waals surface area contributed by atoms with Gasteiger partial charge in [-0.2, -0.15) is 0 Å². The molecule has 7 nitrogen and oxygen atoms in total. The van der Waals surface area contributed by atoms with E-state index in [9.17, 15) is 14.0 Å². The summed E-state index contributed by atoms with van der Waals surface area (Å²) in [6.45, 7) is 3.33. The molecule has 0 aliphatic carbocycles. The van der Waals surface area contributed by atoms with E-state index in [1.807, 2.05) is 6.92 Å². The molecule has 168 valence electrons. The summed E-state index contributed by atoms with van der Waals surface area (Å²) in [5, 5.41) is 0. The van der Waals surface area contributed by atoms with Gasteiger partial charge in [-0.05, 0) is 49.6 Å². The van der Waals surface area contributed by atoms with E-state index in [0.717, 1.165) is 17.7 Å². The van der Waals surface area contributed by atoms with Gasteiger partial charge in [0.2, 0.25) is 5.91 Å². The molecule has 2 amide bonds. The number of carbonyl (C=O) groups excluding carboxylic acids is 2. The molecule has 1 aromatic carbocycles. The van der Waals surface area contributed by atoms with Gasteiger partial charge in [-0.1, -0.05) is 12.1 Å². The lowest BCUT2D eigenvalue weighted by molar-refractivity contribution is -0.119. The molecule has 0 N–H and O–H groups in total. The molecule has 0 bridgehead atoms. The average molecular weight is 445 g/mol. The van der Waals surface area contributed by atoms with E-state index < -0.39 is 0 Å². The van der Waals surface area contributed by atoms with Gasteiger partial charge >= 0.3 is 0 Å². The van der Waals surface area contributed by atoms with E-state index in [0.29, 0.717) is 48.7 Å². The second-order valence-electron chi connectivity index (χ2n) is 8.56. The van der Waals surface area contributed by atoms with Crippen molar-refractivity contribution in [3.05, 3.63) is 82.8 Å². The van der Waals surface area contributed by atoms with Gasteiger partial charge in [0.15, 0.2) is 0 Å². The van der Waals surface area contributed by atoms with Gasteiger partial charge in [0.25, 0.3) is 5.91 Å². The first-order chi connectivity index (χ1) is 16.0. The molecular formula is C25H24FN5O2. The molecule has 1 unspecified atom stereocenters. The molecule has 2 aromatic heterocycles. The zero-order valence-corrected chi connectivity index (χ0v) is 18.4. The van der Waals surface area contributed by atoms with Crippen LogP contribution in [0.1, 0.15) is 51.8 Å². The van der Waals surface area contributed by atoms with Crippen molar-refractivity contribution in [1.29, 1.82) is 0 Å². The number of rotatable bonds is 4. The lowest BCUT2D eigenvalue weighted by atomic mass is 10.0. The first kappa shape index (κ1) is 21.2. The predicted octanol–water partition coefficient (Wildman–Crippen LogP) is 3.43. The zero-order valence-electron chi connectivity index (χ0n) is 18.4. The summed E-state index contributed by atoms with van der Waals surface area (Å²) in [7, 11) is 0. The Morgan fingerprint density at radius 3 is 2.85 bits per heavy atom. The molecule has 0 spiro atoms. The van der Waals surface area contributed by atoms with Crippen molar-refractivity contribution in [2.24, 2.45) is 0 Å². The minimum Gasteiger partial charge on any atom is -0.338 e. The third-order valence-corrected chi connectivity index (χ3v) is 6.33. The molecule has 2 aliphatic heterocycles. The maximum atomic E-state index is 13.7. The maximum Gasteiger partial charge on any atom is 0.255 e. The van der Waals surface area contributed by atoms with Gasteiger partial charge in [0, 0.05) is 49.1 Å². The van der Waals surface area contributed by atoms with E-state index in [2.05, 4.69) is 4.98 Å². The minimum absolute atomic E-state index is 0.0114. The number of nitrogens with zero attached hydrogens (tertiary/aromatic N) is 5. The fraction of sp³-hybridized carbons (Fsp3) is 0.320. The van der Waals surface area contributed by atoms with E-state index in [4.69, 9.17) is 9.97 Å². The number of anilines is 1. The molecule has 2 aliphatic rings. The molecule has 4 heterocycles. The number of pyridine rings is 1. The minimum atomic E-state index is -0.332. The smallest absolute Gasteiger partial charge is 0.255 e. The Kier molecular flexibility index (Phi) is 5.58. The van der Waals surface area contributed by atoms with Crippen LogP contribution in [0.3, 0.4) is 0 Å². The maximum absolute atomic E-state index is 13.7. The quantitative estimate of drug-likeness (QED) is 0.615. The van der Waals surface area contributed by atoms with Gasteiger partial charge in [-0.15, -0.1) is 0 Å². The highest BCUT2D eigenvalue weighted by atomic mass is 19.1. The van der Waals surface area contributed by atoms with Crippen LogP contribution in [-0.2, 0) is 17.8 Å². The van der Waals surface area contributed by atoms with Crippen LogP contribution in [0.15, 0.2) is 48.8 Å². The molecule has 5 rings (SSSR count). The number of aryl methyl sites for hydroxylation is 1. The van der Waals surface area contributed by atoms with Gasteiger partial charge in [-0.3, -0.25) is 19.5 Å². The number of halogens is 1. The van der Waals surface area contributed by atoms with Crippen LogP contribution in [0.25, 0.3) is 0 Å². The summed E-state index contributed by atoms with van der Waals surface area (Å²) in [5.74, 6) is 0.823. The first-order valence-electron chi connectivity index (χ1n) is 11.1. The van der Waals surface area contributed by atoms with Gasteiger partial charge in [0.1, 0.15) is 17.5 Å². The number of carbonyl (C=O) groups is 2. The molecule has 8 heteroatoms. The Bertz CT molecular complexity index is 1220. The van der Waals surface area contributed by atoms with Crippen LogP contribution in [-0.4, -0.2) is 44.8 Å². The number of hydrogen-bond donors (Lipinski definition) is 0. The fourth-order valence-electron chi connectivity index (χ4n) is 4.59. The third kappa shape index (κ3) is 4.20. The summed E-state index contributed by atoms with van der Waals surface area (Å²) in [5.41, 5.74) is 3.08.